The number of fused-ring (bicyclic) bond motifs is 2. The van der Waals surface area contributed by atoms with E-state index in [-0.39, 0.29) is 60.0 Å². The van der Waals surface area contributed by atoms with Crippen LogP contribution in [0.15, 0.2) is 0 Å². The number of aliphatic carboxylic acids is 1. The lowest BCUT2D eigenvalue weighted by atomic mass is 9.75. The number of hydrogen-bond donors (Lipinski definition) is 8. The monoisotopic (exact) mass is 1880 g/mol. The minimum Gasteiger partial charge on any atom is -0.481 e. The summed E-state index contributed by atoms with van der Waals surface area (Å²) in [6.07, 6.45) is 54.3. The number of primary amides is 1. The number of carboxylic acid groups (broad SMARTS) is 1. The van der Waals surface area contributed by atoms with Crippen LogP contribution in [0, 0.1) is 183 Å². The van der Waals surface area contributed by atoms with Crippen LogP contribution in [0.3, 0.4) is 0 Å². The van der Waals surface area contributed by atoms with Crippen molar-refractivity contribution in [1.29, 1.82) is 0 Å². The third-order valence-electron chi connectivity index (χ3n) is 35.5. The van der Waals surface area contributed by atoms with Gasteiger partial charge in [-0.1, -0.05) is 192 Å². The first-order chi connectivity index (χ1) is 62.7. The highest BCUT2D eigenvalue weighted by Crippen LogP contribution is 2.46. The summed E-state index contributed by atoms with van der Waals surface area (Å²) in [5, 5.41) is 57.4. The maximum atomic E-state index is 11.6. The molecule has 133 heavy (non-hydrogen) atoms. The molecule has 13 saturated carbocycles. The second kappa shape index (κ2) is 69.8. The SMILES string of the molecule is CC(C)C1CC2CCC(C1)C2=O.CC(C)C1CCC(=O)CC1.CC(C)C1CCC(C(=O)O)CC1.CC(C)C1CCC(C(N)=O)CC1.CC(C)C1CCC(CO)CC1.CC(C)C1CCC(O)CC1.CC(C)C1CCCC(O)C1.CC(C)[C@@H]1CC[C@@H](O)C1.CC(C)[C@H]1CCC[C@@H](O)C1.CNC(=O)C1CCC(C(C)C)CC1.COC(=O)C1CCC(C(C)C)CC1.COC1CCC(C(C)C)CC1. The number of aliphatic hydroxyl groups excluding tert-OH is 5. The number of aliphatic hydroxyl groups is 5. The molecule has 0 aromatic heterocycles. The van der Waals surface area contributed by atoms with Gasteiger partial charge < -0.3 is 51.2 Å². The molecule has 0 aliphatic heterocycles. The Kier molecular flexibility index (Phi) is 66.1. The molecule has 0 radical (unpaired) electrons. The summed E-state index contributed by atoms with van der Waals surface area (Å²) in [5.41, 5.74) is 5.25. The van der Waals surface area contributed by atoms with Gasteiger partial charge in [0, 0.05) is 57.3 Å². The largest absolute Gasteiger partial charge is 0.481 e. The number of carbonyl (C=O) groups excluding carboxylic acids is 5. The molecule has 0 aromatic carbocycles. The van der Waals surface area contributed by atoms with Gasteiger partial charge >= 0.3 is 11.9 Å². The zero-order valence-corrected chi connectivity index (χ0v) is 91.8. The second-order valence-corrected chi connectivity index (χ2v) is 48.9. The fourth-order valence-electron chi connectivity index (χ4n) is 24.0. The fourth-order valence-corrected chi connectivity index (χ4v) is 24.0. The number of hydrogen-bond acceptors (Lipinski definition) is 13. The Labute approximate surface area is 820 Å². The maximum Gasteiger partial charge on any atom is 0.308 e. The number of carboxylic acids is 1. The minimum absolute atomic E-state index is 0.00106. The van der Waals surface area contributed by atoms with Crippen LogP contribution in [0.1, 0.15) is 468 Å². The fraction of sp³-hybridized carbons (Fsp3) is 0.949. The summed E-state index contributed by atoms with van der Waals surface area (Å²) in [4.78, 5) is 66.4. The number of amides is 2. The molecule has 16 heteroatoms. The van der Waals surface area contributed by atoms with Crippen LogP contribution in [0.2, 0.25) is 0 Å². The normalized spacial score (nSPS) is 32.2. The van der Waals surface area contributed by atoms with E-state index in [1.54, 1.807) is 7.05 Å². The molecule has 784 valence electrons. The molecule has 0 aromatic rings. The first-order valence-corrected chi connectivity index (χ1v) is 56.4. The van der Waals surface area contributed by atoms with Gasteiger partial charge in [-0.15, -0.1) is 0 Å². The molecule has 2 bridgehead atoms. The van der Waals surface area contributed by atoms with Crippen LogP contribution in [-0.2, 0) is 38.2 Å². The smallest absolute Gasteiger partial charge is 0.308 e. The molecule has 0 saturated heterocycles. The third kappa shape index (κ3) is 52.5. The molecular weight excluding hydrogens is 1660 g/mol. The lowest BCUT2D eigenvalue weighted by Gasteiger charge is -2.29. The summed E-state index contributed by atoms with van der Waals surface area (Å²) in [6, 6.07) is 0. The zero-order chi connectivity index (χ0) is 100. The average molecular weight is 1880 g/mol. The number of methoxy groups -OCH3 is 2. The molecule has 9 N–H and O–H groups in total. The zero-order valence-electron chi connectivity index (χ0n) is 91.8. The quantitative estimate of drug-likeness (QED) is 0.0593. The molecule has 13 fully saturated rings. The minimum atomic E-state index is -0.600. The molecule has 16 nitrogen and oxygen atoms in total. The highest BCUT2D eigenvalue weighted by Gasteiger charge is 2.42. The van der Waals surface area contributed by atoms with Crippen LogP contribution < -0.4 is 11.1 Å². The van der Waals surface area contributed by atoms with E-state index in [9.17, 15) is 44.1 Å². The van der Waals surface area contributed by atoms with E-state index in [0.717, 1.165) is 283 Å². The van der Waals surface area contributed by atoms with Crippen molar-refractivity contribution in [2.75, 3.05) is 27.9 Å². The van der Waals surface area contributed by atoms with Crippen LogP contribution in [0.4, 0.5) is 0 Å². The van der Waals surface area contributed by atoms with Crippen LogP contribution in [-0.4, -0.2) is 124 Å². The van der Waals surface area contributed by atoms with Gasteiger partial charge in [-0.05, 0) is 411 Å². The molecule has 4 unspecified atom stereocenters. The van der Waals surface area contributed by atoms with Gasteiger partial charge in [-0.25, -0.2) is 0 Å². The van der Waals surface area contributed by atoms with Crippen LogP contribution >= 0.6 is 0 Å². The van der Waals surface area contributed by atoms with Crippen molar-refractivity contribution in [3.8, 4) is 0 Å². The molecule has 0 heterocycles. The Bertz CT molecular complexity index is 2780. The van der Waals surface area contributed by atoms with Gasteiger partial charge in [-0.2, -0.15) is 0 Å². The Hall–Kier alpha value is -3.02. The topological polar surface area (TPSA) is 280 Å². The van der Waals surface area contributed by atoms with E-state index in [2.05, 4.69) is 171 Å². The van der Waals surface area contributed by atoms with Crippen molar-refractivity contribution in [1.82, 2.24) is 5.32 Å². The molecule has 8 atom stereocenters. The Balaban J connectivity index is 0.000000492. The van der Waals surface area contributed by atoms with E-state index in [1.807, 2.05) is 7.11 Å². The van der Waals surface area contributed by atoms with Gasteiger partial charge in [0.25, 0.3) is 0 Å². The molecule has 13 aliphatic carbocycles. The van der Waals surface area contributed by atoms with Gasteiger partial charge in [0.15, 0.2) is 0 Å². The lowest BCUT2D eigenvalue weighted by Crippen LogP contribution is -2.31. The molecule has 0 spiro atoms. The summed E-state index contributed by atoms with van der Waals surface area (Å²) in [7, 11) is 5.05. The number of esters is 1. The number of carbonyl (C=O) groups is 6. The van der Waals surface area contributed by atoms with E-state index in [1.165, 1.54) is 168 Å². The summed E-state index contributed by atoms with van der Waals surface area (Å²) in [6.45, 7) is 54.9. The Morgan fingerprint density at radius 1 is 0.316 bits per heavy atom. The predicted octanol–water partition coefficient (Wildman–Crippen LogP) is 28.0. The van der Waals surface area contributed by atoms with E-state index < -0.39 is 5.97 Å². The van der Waals surface area contributed by atoms with Gasteiger partial charge in [0.2, 0.25) is 11.8 Å². The number of Topliss-reactive ketones (excluding diaryl/α,β-unsaturated/α-hetero) is 2. The first-order valence-electron chi connectivity index (χ1n) is 56.4. The Morgan fingerprint density at radius 2 is 0.586 bits per heavy atom. The average Bonchev–Trinajstić information content (AvgIpc) is 1.67. The number of nitrogens with two attached hydrogens (primary N) is 1. The van der Waals surface area contributed by atoms with Crippen molar-refractivity contribution >= 4 is 35.3 Å². The lowest BCUT2D eigenvalue weighted by molar-refractivity contribution is -0.147. The summed E-state index contributed by atoms with van der Waals surface area (Å²) < 4.78 is 10.1. The van der Waals surface area contributed by atoms with Crippen molar-refractivity contribution < 1.29 is 68.9 Å². The predicted molar refractivity (Wildman–Crippen MR) is 556 cm³/mol. The van der Waals surface area contributed by atoms with Crippen LogP contribution in [0.5, 0.6) is 0 Å². The van der Waals surface area contributed by atoms with Gasteiger partial charge in [0.1, 0.15) is 11.6 Å². The van der Waals surface area contributed by atoms with Crippen molar-refractivity contribution in [2.24, 2.45) is 189 Å². The summed E-state index contributed by atoms with van der Waals surface area (Å²) in [5.74, 6) is 22.1. The van der Waals surface area contributed by atoms with Crippen molar-refractivity contribution in [3.05, 3.63) is 0 Å². The van der Waals surface area contributed by atoms with Crippen molar-refractivity contribution in [2.45, 2.75) is 498 Å². The van der Waals surface area contributed by atoms with E-state index >= 15 is 0 Å². The molecule has 13 rings (SSSR count). The first kappa shape index (κ1) is 126. The van der Waals surface area contributed by atoms with E-state index in [0.29, 0.717) is 47.9 Å². The molecule has 2 amide bonds. The van der Waals surface area contributed by atoms with Gasteiger partial charge in [0.05, 0.1) is 49.5 Å². The maximum absolute atomic E-state index is 11.6. The van der Waals surface area contributed by atoms with Crippen molar-refractivity contribution in [3.63, 3.8) is 0 Å². The third-order valence-corrected chi connectivity index (χ3v) is 35.5. The van der Waals surface area contributed by atoms with Gasteiger partial charge in [-0.3, -0.25) is 28.8 Å². The number of nitrogens with one attached hydrogen (secondary N) is 1. The Morgan fingerprint density at radius 3 is 0.857 bits per heavy atom. The number of ether oxygens (including phenoxy) is 2. The molecular formula is C117H222N2O14. The highest BCUT2D eigenvalue weighted by molar-refractivity contribution is 5.86. The standard InChI is InChI=1S/C11H21NO.C11H20O2.C11H18O.C10H19NO.C10H18O2.2C10H20O.C9H18O.C9H16O.2C9H18O.C8H16O/c1-8(2)9-4-6-10(7-5-9)11(13)12-3;1-8(2)9-4-6-10(7-5-9)11(12)13-3;1-7(2)10-5-8-3-4-9(6-10)11(8)12;2*1-7(2)8-3-5-9(6-4-8)10(11)12;1-8(2)9-4-6-10(11-3)7-5-9;1-8(2)10-5-3-9(7-11)4-6-10;2*1-7(2)8-3-5-9(10)6-4-8;2*1-7(2)8-4-3-5-9(10)6-8;1-6(2)7-3-4-8(9)5-7/h8-10H,4-7H2,1-3H3,(H,12,13);8-10H,4-7H2,1-3H3;7-10H,3-6H2,1-2H3;7-9H,3-6H2,1-2H3,(H2,11,12);7-9H,3-6H2,1-2H3,(H,11,12);8-10H,4-7H2,1-3H3;8-11H,3-7H2,1-2H3;7-10H,3-6H2,1-2H3;7-8H,3-6H2,1-2H3;2*7-10H,3-6H2,1-2H3;6-9H,3-5H2,1-2H3/t;;;;;;;;;8-,9+;;7-,8-/m.........0.1/s1. The summed E-state index contributed by atoms with van der Waals surface area (Å²) >= 11 is 0. The molecule has 13 aliphatic rings. The number of rotatable bonds is 18. The van der Waals surface area contributed by atoms with E-state index in [4.69, 9.17) is 30.5 Å². The van der Waals surface area contributed by atoms with Crippen LogP contribution in [0.25, 0.3) is 0 Å². The number of ketones is 2. The highest BCUT2D eigenvalue weighted by atomic mass is 16.5. The second-order valence-electron chi connectivity index (χ2n) is 48.9.